The number of anilines is 2. The first-order valence-corrected chi connectivity index (χ1v) is 11.7. The summed E-state index contributed by atoms with van der Waals surface area (Å²) in [5.41, 5.74) is 1.54. The van der Waals surface area contributed by atoms with Crippen LogP contribution in [-0.4, -0.2) is 60.4 Å². The third-order valence-electron chi connectivity index (χ3n) is 7.68. The van der Waals surface area contributed by atoms with Crippen molar-refractivity contribution in [1.82, 2.24) is 15.1 Å². The van der Waals surface area contributed by atoms with Gasteiger partial charge in [0.1, 0.15) is 5.82 Å². The summed E-state index contributed by atoms with van der Waals surface area (Å²) in [5, 5.41) is 7.33. The molecule has 2 spiro atoms. The summed E-state index contributed by atoms with van der Waals surface area (Å²) < 4.78 is 28.8. The van der Waals surface area contributed by atoms with Crippen molar-refractivity contribution in [3.63, 3.8) is 0 Å². The summed E-state index contributed by atoms with van der Waals surface area (Å²) >= 11 is 0. The standard InChI is InChI=1S/C23H28FN5O4/c1-27-17-12-18(16(24)11-15(17)20(26-27)29-6-3-19(30)25-21(29)31)28-7-4-22(5-8-28)13-23(14-22)32-9-2-10-33-23/h11-12H,2-10,13-14H2,1H3,(H,25,30,31). The van der Waals surface area contributed by atoms with Crippen molar-refractivity contribution in [3.05, 3.63) is 17.9 Å². The number of nitrogens with zero attached hydrogens (tertiary/aromatic N) is 4. The SMILES string of the molecule is Cn1nc(N2CCC(=O)NC2=O)c2cc(F)c(N3CCC4(CC3)CC3(C4)OCCCO3)cc21. The van der Waals surface area contributed by atoms with E-state index in [1.54, 1.807) is 11.7 Å². The summed E-state index contributed by atoms with van der Waals surface area (Å²) in [4.78, 5) is 27.3. The van der Waals surface area contributed by atoms with Crippen LogP contribution in [-0.2, 0) is 21.3 Å². The van der Waals surface area contributed by atoms with Crippen molar-refractivity contribution in [1.29, 1.82) is 0 Å². The number of hydrogen-bond acceptors (Lipinski definition) is 6. The van der Waals surface area contributed by atoms with Gasteiger partial charge in [-0.05, 0) is 36.8 Å². The lowest BCUT2D eigenvalue weighted by Crippen LogP contribution is -2.60. The van der Waals surface area contributed by atoms with Gasteiger partial charge in [0, 0.05) is 51.3 Å². The van der Waals surface area contributed by atoms with Gasteiger partial charge in [-0.25, -0.2) is 9.18 Å². The van der Waals surface area contributed by atoms with Crippen LogP contribution in [0.1, 0.15) is 38.5 Å². The minimum atomic E-state index is -0.527. The van der Waals surface area contributed by atoms with Gasteiger partial charge in [-0.15, -0.1) is 0 Å². The number of urea groups is 1. The summed E-state index contributed by atoms with van der Waals surface area (Å²) in [6.45, 7) is 3.33. The Morgan fingerprint density at radius 3 is 2.52 bits per heavy atom. The summed E-state index contributed by atoms with van der Waals surface area (Å²) in [5.74, 6) is -0.647. The highest BCUT2D eigenvalue weighted by atomic mass is 19.1. The number of hydrogen-bond donors (Lipinski definition) is 1. The quantitative estimate of drug-likeness (QED) is 0.746. The fourth-order valence-electron chi connectivity index (χ4n) is 5.94. The zero-order valence-corrected chi connectivity index (χ0v) is 18.7. The first-order chi connectivity index (χ1) is 15.9. The molecule has 0 unspecified atom stereocenters. The smallest absolute Gasteiger partial charge is 0.329 e. The lowest BCUT2D eigenvalue weighted by molar-refractivity contribution is -0.342. The van der Waals surface area contributed by atoms with Crippen molar-refractivity contribution >= 4 is 34.3 Å². The topological polar surface area (TPSA) is 88.9 Å². The molecule has 4 fully saturated rings. The molecule has 10 heteroatoms. The van der Waals surface area contributed by atoms with Gasteiger partial charge in [-0.1, -0.05) is 0 Å². The molecule has 3 aliphatic heterocycles. The second-order valence-corrected chi connectivity index (χ2v) is 9.82. The van der Waals surface area contributed by atoms with E-state index in [4.69, 9.17) is 9.47 Å². The zero-order valence-electron chi connectivity index (χ0n) is 18.7. The third kappa shape index (κ3) is 3.38. The summed E-state index contributed by atoms with van der Waals surface area (Å²) in [6, 6.07) is 2.76. The van der Waals surface area contributed by atoms with E-state index in [1.807, 2.05) is 6.07 Å². The van der Waals surface area contributed by atoms with Gasteiger partial charge in [0.2, 0.25) is 5.91 Å². The Kier molecular flexibility index (Phi) is 4.67. The highest BCUT2D eigenvalue weighted by Gasteiger charge is 2.57. The highest BCUT2D eigenvalue weighted by molar-refractivity contribution is 6.09. The maximum atomic E-state index is 15.3. The van der Waals surface area contributed by atoms with Crippen LogP contribution in [0.5, 0.6) is 0 Å². The van der Waals surface area contributed by atoms with Crippen molar-refractivity contribution < 1.29 is 23.5 Å². The maximum Gasteiger partial charge on any atom is 0.329 e. The molecule has 33 heavy (non-hydrogen) atoms. The molecule has 176 valence electrons. The van der Waals surface area contributed by atoms with Crippen LogP contribution in [0, 0.1) is 11.2 Å². The molecular formula is C23H28FN5O4. The minimum absolute atomic E-state index is 0.192. The highest BCUT2D eigenvalue weighted by Crippen LogP contribution is 2.58. The number of carbonyl (C=O) groups excluding carboxylic acids is 2. The lowest BCUT2D eigenvalue weighted by atomic mass is 9.59. The monoisotopic (exact) mass is 457 g/mol. The Labute approximate surface area is 190 Å². The Balaban J connectivity index is 1.21. The van der Waals surface area contributed by atoms with Crippen molar-refractivity contribution in [2.75, 3.05) is 42.6 Å². The predicted molar refractivity (Wildman–Crippen MR) is 119 cm³/mol. The van der Waals surface area contributed by atoms with Crippen LogP contribution in [0.2, 0.25) is 0 Å². The largest absolute Gasteiger partial charge is 0.369 e. The van der Waals surface area contributed by atoms with Gasteiger partial charge < -0.3 is 14.4 Å². The van der Waals surface area contributed by atoms with E-state index >= 15 is 4.39 Å². The lowest BCUT2D eigenvalue weighted by Gasteiger charge is -2.59. The van der Waals surface area contributed by atoms with Crippen LogP contribution < -0.4 is 15.1 Å². The van der Waals surface area contributed by atoms with E-state index in [-0.39, 0.29) is 35.9 Å². The van der Waals surface area contributed by atoms with Crippen molar-refractivity contribution in [2.24, 2.45) is 12.5 Å². The van der Waals surface area contributed by atoms with Crippen molar-refractivity contribution in [3.8, 4) is 0 Å². The molecule has 0 bridgehead atoms. The molecule has 1 aromatic heterocycles. The molecule has 4 aliphatic rings. The van der Waals surface area contributed by atoms with Crippen LogP contribution in [0.25, 0.3) is 10.9 Å². The molecule has 3 saturated heterocycles. The number of aromatic nitrogens is 2. The van der Waals surface area contributed by atoms with Crippen LogP contribution >= 0.6 is 0 Å². The second kappa shape index (κ2) is 7.39. The predicted octanol–water partition coefficient (Wildman–Crippen LogP) is 2.67. The maximum absolute atomic E-state index is 15.3. The number of halogens is 1. The van der Waals surface area contributed by atoms with Crippen LogP contribution in [0.3, 0.4) is 0 Å². The zero-order chi connectivity index (χ0) is 22.8. The molecule has 1 aliphatic carbocycles. The Morgan fingerprint density at radius 1 is 1.09 bits per heavy atom. The van der Waals surface area contributed by atoms with E-state index < -0.39 is 6.03 Å². The number of nitrogens with one attached hydrogen (secondary N) is 1. The number of ether oxygens (including phenoxy) is 2. The number of piperidine rings is 1. The number of benzene rings is 1. The molecule has 1 saturated carbocycles. The fraction of sp³-hybridized carbons (Fsp3) is 0.609. The molecule has 1 aromatic carbocycles. The number of fused-ring (bicyclic) bond motifs is 1. The van der Waals surface area contributed by atoms with Crippen molar-refractivity contribution in [2.45, 2.75) is 44.3 Å². The minimum Gasteiger partial charge on any atom is -0.369 e. The van der Waals surface area contributed by atoms with E-state index in [2.05, 4.69) is 15.3 Å². The average Bonchev–Trinajstić information content (AvgIpc) is 3.09. The summed E-state index contributed by atoms with van der Waals surface area (Å²) in [7, 11) is 1.78. The molecular weight excluding hydrogens is 429 g/mol. The fourth-order valence-corrected chi connectivity index (χ4v) is 5.94. The summed E-state index contributed by atoms with van der Waals surface area (Å²) in [6.07, 6.45) is 4.98. The Morgan fingerprint density at radius 2 is 1.82 bits per heavy atom. The number of aryl methyl sites for hydroxylation is 1. The molecule has 3 amide bonds. The number of rotatable bonds is 2. The average molecular weight is 458 g/mol. The first-order valence-electron chi connectivity index (χ1n) is 11.7. The molecule has 0 atom stereocenters. The van der Waals surface area contributed by atoms with Crippen LogP contribution in [0.4, 0.5) is 20.7 Å². The van der Waals surface area contributed by atoms with E-state index in [0.717, 1.165) is 63.9 Å². The molecule has 6 rings (SSSR count). The van der Waals surface area contributed by atoms with Gasteiger partial charge >= 0.3 is 6.03 Å². The molecule has 1 N–H and O–H groups in total. The molecule has 2 aromatic rings. The van der Waals surface area contributed by atoms with Gasteiger partial charge in [0.05, 0.1) is 24.4 Å². The third-order valence-corrected chi connectivity index (χ3v) is 7.68. The van der Waals surface area contributed by atoms with E-state index in [0.29, 0.717) is 16.9 Å². The van der Waals surface area contributed by atoms with Gasteiger partial charge in [-0.3, -0.25) is 19.7 Å². The van der Waals surface area contributed by atoms with E-state index in [1.165, 1.54) is 11.0 Å². The molecule has 4 heterocycles. The van der Waals surface area contributed by atoms with Gasteiger partial charge in [0.15, 0.2) is 11.6 Å². The van der Waals surface area contributed by atoms with Gasteiger partial charge in [-0.2, -0.15) is 5.10 Å². The Hall–Kier alpha value is -2.72. The number of imide groups is 1. The normalized spacial score (nSPS) is 24.4. The second-order valence-electron chi connectivity index (χ2n) is 9.82. The molecule has 9 nitrogen and oxygen atoms in total. The van der Waals surface area contributed by atoms with E-state index in [9.17, 15) is 9.59 Å². The van der Waals surface area contributed by atoms with Crippen LogP contribution in [0.15, 0.2) is 12.1 Å². The Bertz CT molecular complexity index is 1120. The van der Waals surface area contributed by atoms with Gasteiger partial charge in [0.25, 0.3) is 0 Å². The number of carbonyl (C=O) groups is 2. The first kappa shape index (κ1) is 20.9. The molecule has 0 radical (unpaired) electrons. The number of amides is 3.